The molecule has 0 bridgehead atoms. The van der Waals surface area contributed by atoms with Gasteiger partial charge in [0.2, 0.25) is 11.7 Å². The topological polar surface area (TPSA) is 59.2 Å². The first-order chi connectivity index (χ1) is 14.3. The van der Waals surface area contributed by atoms with Crippen LogP contribution in [0.5, 0.6) is 0 Å². The Morgan fingerprint density at radius 3 is 2.60 bits per heavy atom. The number of hydrogen-bond acceptors (Lipinski definition) is 4. The lowest BCUT2D eigenvalue weighted by molar-refractivity contribution is 0.0561. The zero-order chi connectivity index (χ0) is 21.3. The van der Waals surface area contributed by atoms with E-state index in [0.717, 1.165) is 24.8 Å². The smallest absolute Gasteiger partial charge is 0.254 e. The minimum absolute atomic E-state index is 0.00247. The third-order valence-electron chi connectivity index (χ3n) is 5.57. The number of nitrogens with zero attached hydrogens (tertiary/aromatic N) is 3. The summed E-state index contributed by atoms with van der Waals surface area (Å²) in [5.41, 5.74) is 2.74. The van der Waals surface area contributed by atoms with Crippen LogP contribution in [-0.4, -0.2) is 27.5 Å². The number of piperidine rings is 1. The lowest BCUT2D eigenvalue weighted by atomic mass is 9.86. The zero-order valence-electron chi connectivity index (χ0n) is 17.6. The molecule has 5 nitrogen and oxygen atoms in total. The summed E-state index contributed by atoms with van der Waals surface area (Å²) in [4.78, 5) is 19.7. The van der Waals surface area contributed by atoms with E-state index in [2.05, 4.69) is 30.9 Å². The van der Waals surface area contributed by atoms with E-state index in [-0.39, 0.29) is 17.4 Å². The molecule has 1 atom stereocenters. The predicted octanol–water partition coefficient (Wildman–Crippen LogP) is 6.05. The van der Waals surface area contributed by atoms with Gasteiger partial charge in [-0.05, 0) is 54.5 Å². The first kappa shape index (κ1) is 20.6. The van der Waals surface area contributed by atoms with Crippen molar-refractivity contribution in [2.24, 2.45) is 0 Å². The van der Waals surface area contributed by atoms with Gasteiger partial charge in [-0.15, -0.1) is 0 Å². The molecule has 1 saturated heterocycles. The van der Waals surface area contributed by atoms with Crippen LogP contribution in [0, 0.1) is 0 Å². The van der Waals surface area contributed by atoms with Crippen LogP contribution in [0.2, 0.25) is 5.02 Å². The highest BCUT2D eigenvalue weighted by Gasteiger charge is 2.33. The largest absolute Gasteiger partial charge is 0.337 e. The summed E-state index contributed by atoms with van der Waals surface area (Å²) in [5.74, 6) is 0.965. The number of amides is 1. The molecule has 1 aliphatic heterocycles. The van der Waals surface area contributed by atoms with Gasteiger partial charge in [-0.25, -0.2) is 0 Å². The standard InChI is InChI=1S/C24H26ClN3O2/c1-24(2,3)18-12-10-16(11-13-18)23(29)28-14-5-4-9-20(28)22-26-21(27-30-22)17-7-6-8-19(25)15-17/h6-8,10-13,15,20H,4-5,9,14H2,1-3H3/t20-/m1/s1. The molecule has 0 N–H and O–H groups in total. The summed E-state index contributed by atoms with van der Waals surface area (Å²) in [7, 11) is 0. The van der Waals surface area contributed by atoms with Crippen molar-refractivity contribution in [1.82, 2.24) is 15.0 Å². The Morgan fingerprint density at radius 2 is 1.90 bits per heavy atom. The fourth-order valence-corrected chi connectivity index (χ4v) is 4.02. The van der Waals surface area contributed by atoms with E-state index in [9.17, 15) is 4.79 Å². The van der Waals surface area contributed by atoms with Gasteiger partial charge in [0.05, 0.1) is 0 Å². The van der Waals surface area contributed by atoms with Crippen molar-refractivity contribution in [3.05, 3.63) is 70.6 Å². The molecule has 0 aliphatic carbocycles. The Hall–Kier alpha value is -2.66. The number of hydrogen-bond donors (Lipinski definition) is 0. The van der Waals surface area contributed by atoms with E-state index in [0.29, 0.717) is 28.8 Å². The molecule has 2 aromatic carbocycles. The van der Waals surface area contributed by atoms with Crippen LogP contribution in [-0.2, 0) is 5.41 Å². The molecule has 30 heavy (non-hydrogen) atoms. The van der Waals surface area contributed by atoms with Crippen molar-refractivity contribution >= 4 is 17.5 Å². The number of halogens is 1. The Kier molecular flexibility index (Phi) is 5.65. The van der Waals surface area contributed by atoms with Gasteiger partial charge in [0.1, 0.15) is 6.04 Å². The van der Waals surface area contributed by atoms with E-state index in [1.165, 1.54) is 5.56 Å². The Bertz CT molecular complexity index is 1040. The Balaban J connectivity index is 1.58. The number of rotatable bonds is 3. The normalized spacial score (nSPS) is 17.2. The Morgan fingerprint density at radius 1 is 1.13 bits per heavy atom. The van der Waals surface area contributed by atoms with Crippen molar-refractivity contribution in [1.29, 1.82) is 0 Å². The molecule has 1 amide bonds. The van der Waals surface area contributed by atoms with Gasteiger partial charge in [-0.1, -0.05) is 61.8 Å². The minimum Gasteiger partial charge on any atom is -0.337 e. The van der Waals surface area contributed by atoms with Crippen molar-refractivity contribution in [2.45, 2.75) is 51.5 Å². The molecule has 6 heteroatoms. The van der Waals surface area contributed by atoms with Crippen molar-refractivity contribution in [3.63, 3.8) is 0 Å². The number of carbonyl (C=O) groups is 1. The average Bonchev–Trinajstić information content (AvgIpc) is 3.23. The second kappa shape index (κ2) is 8.23. The number of benzene rings is 2. The zero-order valence-corrected chi connectivity index (χ0v) is 18.3. The van der Waals surface area contributed by atoms with Gasteiger partial charge < -0.3 is 9.42 Å². The quantitative estimate of drug-likeness (QED) is 0.514. The first-order valence-electron chi connectivity index (χ1n) is 10.3. The second-order valence-electron chi connectivity index (χ2n) is 8.80. The maximum absolute atomic E-state index is 13.3. The fourth-order valence-electron chi connectivity index (χ4n) is 3.83. The van der Waals surface area contributed by atoms with Crippen LogP contribution in [0.1, 0.15) is 67.9 Å². The molecule has 0 unspecified atom stereocenters. The SMILES string of the molecule is CC(C)(C)c1ccc(C(=O)N2CCCC[C@@H]2c2nc(-c3cccc(Cl)c3)no2)cc1. The van der Waals surface area contributed by atoms with E-state index in [1.54, 1.807) is 12.1 Å². The summed E-state index contributed by atoms with van der Waals surface area (Å²) >= 11 is 6.08. The molecular weight excluding hydrogens is 398 g/mol. The van der Waals surface area contributed by atoms with Crippen LogP contribution < -0.4 is 0 Å². The second-order valence-corrected chi connectivity index (χ2v) is 9.24. The van der Waals surface area contributed by atoms with E-state index in [1.807, 2.05) is 41.3 Å². The summed E-state index contributed by atoms with van der Waals surface area (Å²) in [6.07, 6.45) is 2.80. The lowest BCUT2D eigenvalue weighted by Gasteiger charge is -2.33. The molecule has 1 aliphatic rings. The first-order valence-corrected chi connectivity index (χ1v) is 10.7. The highest BCUT2D eigenvalue weighted by atomic mass is 35.5. The van der Waals surface area contributed by atoms with Crippen molar-refractivity contribution in [3.8, 4) is 11.4 Å². The summed E-state index contributed by atoms with van der Waals surface area (Å²) in [5, 5.41) is 4.74. The van der Waals surface area contributed by atoms with Gasteiger partial charge in [0, 0.05) is 22.7 Å². The average molecular weight is 424 g/mol. The highest BCUT2D eigenvalue weighted by Crippen LogP contribution is 2.33. The number of carbonyl (C=O) groups excluding carboxylic acids is 1. The predicted molar refractivity (Wildman–Crippen MR) is 118 cm³/mol. The van der Waals surface area contributed by atoms with E-state index >= 15 is 0 Å². The fraction of sp³-hybridized carbons (Fsp3) is 0.375. The van der Waals surface area contributed by atoms with Crippen molar-refractivity contribution in [2.75, 3.05) is 6.54 Å². The Labute approximate surface area is 182 Å². The molecule has 0 radical (unpaired) electrons. The molecule has 1 aromatic heterocycles. The van der Waals surface area contributed by atoms with Gasteiger partial charge in [-0.2, -0.15) is 4.98 Å². The molecule has 0 spiro atoms. The molecular formula is C24H26ClN3O2. The minimum atomic E-state index is -0.214. The molecule has 156 valence electrons. The monoisotopic (exact) mass is 423 g/mol. The van der Waals surface area contributed by atoms with Gasteiger partial charge in [-0.3, -0.25) is 4.79 Å². The molecule has 1 fully saturated rings. The van der Waals surface area contributed by atoms with Crippen LogP contribution in [0.25, 0.3) is 11.4 Å². The summed E-state index contributed by atoms with van der Waals surface area (Å²) in [6.45, 7) is 7.17. The van der Waals surface area contributed by atoms with Gasteiger partial charge in [0.15, 0.2) is 0 Å². The molecule has 2 heterocycles. The molecule has 3 aromatic rings. The van der Waals surface area contributed by atoms with Crippen LogP contribution in [0.3, 0.4) is 0 Å². The third kappa shape index (κ3) is 4.26. The van der Waals surface area contributed by atoms with Crippen LogP contribution in [0.4, 0.5) is 0 Å². The number of aromatic nitrogens is 2. The third-order valence-corrected chi connectivity index (χ3v) is 5.81. The molecule has 4 rings (SSSR count). The van der Waals surface area contributed by atoms with Gasteiger partial charge in [0.25, 0.3) is 5.91 Å². The lowest BCUT2D eigenvalue weighted by Crippen LogP contribution is -2.38. The van der Waals surface area contributed by atoms with Crippen LogP contribution in [0.15, 0.2) is 53.1 Å². The summed E-state index contributed by atoms with van der Waals surface area (Å²) < 4.78 is 5.58. The molecule has 0 saturated carbocycles. The van der Waals surface area contributed by atoms with Crippen LogP contribution >= 0.6 is 11.6 Å². The van der Waals surface area contributed by atoms with Gasteiger partial charge >= 0.3 is 0 Å². The highest BCUT2D eigenvalue weighted by molar-refractivity contribution is 6.30. The maximum Gasteiger partial charge on any atom is 0.254 e. The van der Waals surface area contributed by atoms with E-state index < -0.39 is 0 Å². The van der Waals surface area contributed by atoms with E-state index in [4.69, 9.17) is 16.1 Å². The number of likely N-dealkylation sites (tertiary alicyclic amines) is 1. The maximum atomic E-state index is 13.3. The van der Waals surface area contributed by atoms with Crippen molar-refractivity contribution < 1.29 is 9.32 Å². The summed E-state index contributed by atoms with van der Waals surface area (Å²) in [6, 6.07) is 15.0.